The van der Waals surface area contributed by atoms with E-state index < -0.39 is 5.91 Å². The van der Waals surface area contributed by atoms with E-state index >= 15 is 0 Å². The summed E-state index contributed by atoms with van der Waals surface area (Å²) >= 11 is 0. The minimum Gasteiger partial charge on any atom is -0.325 e. The lowest BCUT2D eigenvalue weighted by Crippen LogP contribution is -2.39. The van der Waals surface area contributed by atoms with Gasteiger partial charge in [-0.25, -0.2) is 4.68 Å². The van der Waals surface area contributed by atoms with Crippen molar-refractivity contribution in [3.8, 4) is 5.69 Å². The summed E-state index contributed by atoms with van der Waals surface area (Å²) in [7, 11) is 0. The Morgan fingerprint density at radius 2 is 1.74 bits per heavy atom. The maximum absolute atomic E-state index is 12.6. The Morgan fingerprint density at radius 1 is 1.07 bits per heavy atom. The van der Waals surface area contributed by atoms with Crippen LogP contribution in [0.2, 0.25) is 0 Å². The minimum atomic E-state index is -0.396. The summed E-state index contributed by atoms with van der Waals surface area (Å²) in [5.41, 5.74) is 1.32. The van der Waals surface area contributed by atoms with Crippen LogP contribution in [-0.2, 0) is 14.4 Å². The average Bonchev–Trinajstić information content (AvgIpc) is 3.44. The molecule has 1 aliphatic heterocycles. The Morgan fingerprint density at radius 3 is 2.33 bits per heavy atom. The molecule has 9 nitrogen and oxygen atoms in total. The fourth-order valence-electron chi connectivity index (χ4n) is 4.44. The van der Waals surface area contributed by atoms with E-state index in [0.717, 1.165) is 17.0 Å². The van der Waals surface area contributed by atoms with Gasteiger partial charge in [-0.3, -0.25) is 19.3 Å². The molecule has 1 N–H and O–H groups in total. The summed E-state index contributed by atoms with van der Waals surface area (Å²) in [4.78, 5) is 38.7. The van der Waals surface area contributed by atoms with Gasteiger partial charge in [-0.2, -0.15) is 0 Å². The minimum absolute atomic E-state index is 0.142. The first-order valence-corrected chi connectivity index (χ1v) is 8.78. The SMILES string of the molecule is O=C(CN1C(=O)[C@@H]2[C@H](C1=O)[C@@H]1C=C[C@H]2C1)Nc1ccc(-n2cnnn2)cc1. The number of carbonyl (C=O) groups excluding carboxylic acids is 3. The maximum atomic E-state index is 12.6. The van der Waals surface area contributed by atoms with Crippen LogP contribution >= 0.6 is 0 Å². The normalized spacial score (nSPS) is 28.1. The number of benzene rings is 1. The number of allylic oxidation sites excluding steroid dienone is 2. The number of rotatable bonds is 4. The molecule has 1 saturated heterocycles. The number of hydrogen-bond donors (Lipinski definition) is 1. The van der Waals surface area contributed by atoms with Crippen molar-refractivity contribution in [2.75, 3.05) is 11.9 Å². The van der Waals surface area contributed by atoms with Gasteiger partial charge in [-0.05, 0) is 52.9 Å². The van der Waals surface area contributed by atoms with Crippen molar-refractivity contribution in [2.45, 2.75) is 6.42 Å². The first-order chi connectivity index (χ1) is 13.1. The summed E-state index contributed by atoms with van der Waals surface area (Å²) in [6.07, 6.45) is 6.41. The third kappa shape index (κ3) is 2.46. The molecular formula is C18H16N6O3. The van der Waals surface area contributed by atoms with Crippen molar-refractivity contribution in [3.05, 3.63) is 42.7 Å². The molecule has 2 heterocycles. The van der Waals surface area contributed by atoms with Crippen LogP contribution in [0.5, 0.6) is 0 Å². The third-order valence-corrected chi connectivity index (χ3v) is 5.63. The number of carbonyl (C=O) groups is 3. The van der Waals surface area contributed by atoms with E-state index in [1.54, 1.807) is 24.3 Å². The molecule has 1 saturated carbocycles. The van der Waals surface area contributed by atoms with Gasteiger partial charge >= 0.3 is 0 Å². The van der Waals surface area contributed by atoms with Gasteiger partial charge in [0.25, 0.3) is 0 Å². The molecule has 136 valence electrons. The highest BCUT2D eigenvalue weighted by molar-refractivity contribution is 6.09. The van der Waals surface area contributed by atoms with Crippen molar-refractivity contribution >= 4 is 23.4 Å². The van der Waals surface area contributed by atoms with Crippen molar-refractivity contribution in [1.82, 2.24) is 25.1 Å². The van der Waals surface area contributed by atoms with Gasteiger partial charge in [0.1, 0.15) is 12.9 Å². The number of imide groups is 1. The molecule has 1 aromatic heterocycles. The molecule has 0 radical (unpaired) electrons. The average molecular weight is 364 g/mol. The molecule has 0 spiro atoms. The standard InChI is InChI=1S/C18H16N6O3/c25-14(20-12-3-5-13(6-4-12)24-9-19-21-22-24)8-23-17(26)15-10-1-2-11(7-10)16(15)18(23)27/h1-6,9-11,15-16H,7-8H2,(H,20,25)/t10-,11+,15-,16+. The smallest absolute Gasteiger partial charge is 0.244 e. The van der Waals surface area contributed by atoms with Crippen molar-refractivity contribution < 1.29 is 14.4 Å². The number of anilines is 1. The predicted octanol–water partition coefficient (Wildman–Crippen LogP) is 0.408. The molecule has 2 aromatic rings. The number of nitrogens with one attached hydrogen (secondary N) is 1. The molecule has 2 bridgehead atoms. The largest absolute Gasteiger partial charge is 0.325 e. The van der Waals surface area contributed by atoms with Crippen molar-refractivity contribution in [1.29, 1.82) is 0 Å². The molecule has 1 aromatic carbocycles. The maximum Gasteiger partial charge on any atom is 0.244 e. The van der Waals surface area contributed by atoms with Gasteiger partial charge in [0.05, 0.1) is 17.5 Å². The van der Waals surface area contributed by atoms with Crippen LogP contribution in [0.15, 0.2) is 42.7 Å². The van der Waals surface area contributed by atoms with E-state index in [-0.39, 0.29) is 42.0 Å². The number of likely N-dealkylation sites (tertiary alicyclic amines) is 1. The summed E-state index contributed by atoms with van der Waals surface area (Å²) in [5.74, 6) is -1.11. The Hall–Kier alpha value is -3.36. The molecule has 5 rings (SSSR count). The topological polar surface area (TPSA) is 110 Å². The monoisotopic (exact) mass is 364 g/mol. The molecule has 4 atom stereocenters. The molecular weight excluding hydrogens is 348 g/mol. The zero-order valence-electron chi connectivity index (χ0n) is 14.2. The van der Waals surface area contributed by atoms with Crippen LogP contribution in [0.25, 0.3) is 5.69 Å². The van der Waals surface area contributed by atoms with E-state index in [9.17, 15) is 14.4 Å². The quantitative estimate of drug-likeness (QED) is 0.621. The second-order valence-corrected chi connectivity index (χ2v) is 7.11. The fraction of sp³-hybridized carbons (Fsp3) is 0.333. The summed E-state index contributed by atoms with van der Waals surface area (Å²) in [6.45, 7) is -0.251. The van der Waals surface area contributed by atoms with Gasteiger partial charge in [0.15, 0.2) is 0 Å². The molecule has 3 amide bonds. The van der Waals surface area contributed by atoms with Crippen molar-refractivity contribution in [2.24, 2.45) is 23.7 Å². The molecule has 0 unspecified atom stereocenters. The highest BCUT2D eigenvalue weighted by Crippen LogP contribution is 2.52. The van der Waals surface area contributed by atoms with Crippen molar-refractivity contribution in [3.63, 3.8) is 0 Å². The van der Waals surface area contributed by atoms with Crippen LogP contribution in [0.1, 0.15) is 6.42 Å². The number of fused-ring (bicyclic) bond motifs is 5. The first kappa shape index (κ1) is 15.9. The predicted molar refractivity (Wildman–Crippen MR) is 92.2 cm³/mol. The number of nitrogens with zero attached hydrogens (tertiary/aromatic N) is 5. The van der Waals surface area contributed by atoms with Crippen LogP contribution in [0, 0.1) is 23.7 Å². The Kier molecular flexibility index (Phi) is 3.43. The Labute approximate surface area is 154 Å². The highest BCUT2D eigenvalue weighted by Gasteiger charge is 2.59. The zero-order chi connectivity index (χ0) is 18.5. The zero-order valence-corrected chi connectivity index (χ0v) is 14.2. The van der Waals surface area contributed by atoms with Crippen LogP contribution < -0.4 is 5.32 Å². The van der Waals surface area contributed by atoms with Gasteiger partial charge in [0, 0.05) is 5.69 Å². The number of aromatic nitrogens is 4. The molecule has 2 aliphatic carbocycles. The molecule has 2 fully saturated rings. The van der Waals surface area contributed by atoms with Gasteiger partial charge in [0.2, 0.25) is 17.7 Å². The Bertz CT molecular complexity index is 922. The Balaban J connectivity index is 1.25. The summed E-state index contributed by atoms with van der Waals surface area (Å²) < 4.78 is 1.49. The van der Waals surface area contributed by atoms with E-state index in [1.165, 1.54) is 11.0 Å². The lowest BCUT2D eigenvalue weighted by molar-refractivity contribution is -0.143. The summed E-state index contributed by atoms with van der Waals surface area (Å²) in [5, 5.41) is 13.7. The molecule has 3 aliphatic rings. The molecule has 27 heavy (non-hydrogen) atoms. The van der Waals surface area contributed by atoms with Gasteiger partial charge in [-0.15, -0.1) is 5.10 Å². The van der Waals surface area contributed by atoms with Gasteiger partial charge < -0.3 is 5.32 Å². The first-order valence-electron chi connectivity index (χ1n) is 8.78. The third-order valence-electron chi connectivity index (χ3n) is 5.63. The van der Waals surface area contributed by atoms with E-state index in [2.05, 4.69) is 20.8 Å². The number of tetrazole rings is 1. The lowest BCUT2D eigenvalue weighted by atomic mass is 9.85. The lowest BCUT2D eigenvalue weighted by Gasteiger charge is -2.16. The van der Waals surface area contributed by atoms with E-state index in [1.807, 2.05) is 12.2 Å². The van der Waals surface area contributed by atoms with Crippen LogP contribution in [0.3, 0.4) is 0 Å². The number of amides is 3. The second kappa shape index (κ2) is 5.83. The van der Waals surface area contributed by atoms with Crippen LogP contribution in [-0.4, -0.2) is 49.4 Å². The molecule has 9 heteroatoms. The second-order valence-electron chi connectivity index (χ2n) is 7.11. The fourth-order valence-corrected chi connectivity index (χ4v) is 4.44. The van der Waals surface area contributed by atoms with Gasteiger partial charge in [-0.1, -0.05) is 12.2 Å². The highest BCUT2D eigenvalue weighted by atomic mass is 16.2. The van der Waals surface area contributed by atoms with E-state index in [0.29, 0.717) is 5.69 Å². The van der Waals surface area contributed by atoms with Crippen LogP contribution in [0.4, 0.5) is 5.69 Å². The summed E-state index contributed by atoms with van der Waals surface area (Å²) in [6, 6.07) is 6.93. The van der Waals surface area contributed by atoms with E-state index in [4.69, 9.17) is 0 Å². The number of hydrogen-bond acceptors (Lipinski definition) is 6.